The molecule has 34 heavy (non-hydrogen) atoms. The summed E-state index contributed by atoms with van der Waals surface area (Å²) < 4.78 is 6.68. The lowest BCUT2D eigenvalue weighted by Crippen LogP contribution is -2.38. The Hall–Kier alpha value is -3.12. The van der Waals surface area contributed by atoms with Gasteiger partial charge < -0.3 is 10.1 Å². The Balaban J connectivity index is 1.70. The monoisotopic (exact) mass is 558 g/mol. The van der Waals surface area contributed by atoms with E-state index in [9.17, 15) is 0 Å². The summed E-state index contributed by atoms with van der Waals surface area (Å²) in [4.78, 5) is 0. The normalized spacial score (nSPS) is 14.3. The van der Waals surface area contributed by atoms with Crippen molar-refractivity contribution in [1.29, 1.82) is 5.41 Å². The van der Waals surface area contributed by atoms with Gasteiger partial charge in [0.25, 0.3) is 0 Å². The number of hydrogen-bond donors (Lipinski definition) is 2. The Labute approximate surface area is 214 Å². The summed E-state index contributed by atoms with van der Waals surface area (Å²) >= 11 is 2.09. The van der Waals surface area contributed by atoms with E-state index in [1.165, 1.54) is 0 Å². The summed E-state index contributed by atoms with van der Waals surface area (Å²) in [7, 11) is 0. The number of nitrogens with one attached hydrogen (secondary N) is 2. The molecule has 0 aliphatic heterocycles. The van der Waals surface area contributed by atoms with E-state index >= 15 is 0 Å². The van der Waals surface area contributed by atoms with Gasteiger partial charge in [-0.15, -0.1) is 0 Å². The Bertz CT molecular complexity index is 1190. The lowest BCUT2D eigenvalue weighted by Gasteiger charge is -2.38. The molecule has 5 rings (SSSR count). The molecule has 3 nitrogen and oxygen atoms in total. The third kappa shape index (κ3) is 4.47. The van der Waals surface area contributed by atoms with Gasteiger partial charge in [0, 0.05) is 11.3 Å². The van der Waals surface area contributed by atoms with Crippen LogP contribution in [0.15, 0.2) is 109 Å². The van der Waals surface area contributed by atoms with Crippen LogP contribution in [0, 0.1) is 5.41 Å². The highest BCUT2D eigenvalue weighted by atomic mass is 127. The first-order valence-electron chi connectivity index (χ1n) is 11.5. The molecule has 1 aliphatic carbocycles. The minimum Gasteiger partial charge on any atom is -0.488 e. The third-order valence-electron chi connectivity index (χ3n) is 6.49. The molecule has 0 radical (unpaired) electrons. The number of benzene rings is 4. The van der Waals surface area contributed by atoms with Crippen molar-refractivity contribution in [2.75, 3.05) is 5.32 Å². The van der Waals surface area contributed by atoms with Gasteiger partial charge in [-0.2, -0.15) is 0 Å². The maximum atomic E-state index is 8.53. The first kappa shape index (κ1) is 22.7. The zero-order valence-corrected chi connectivity index (χ0v) is 21.3. The zero-order chi connectivity index (χ0) is 23.6. The molecule has 0 bridgehead atoms. The van der Waals surface area contributed by atoms with Gasteiger partial charge in [-0.05, 0) is 77.2 Å². The van der Waals surface area contributed by atoms with Crippen molar-refractivity contribution in [3.63, 3.8) is 0 Å². The zero-order valence-electron chi connectivity index (χ0n) is 19.1. The fourth-order valence-electron chi connectivity index (χ4n) is 4.42. The van der Waals surface area contributed by atoms with E-state index in [-0.39, 0.29) is 5.60 Å². The van der Waals surface area contributed by atoms with Crippen molar-refractivity contribution < 1.29 is 4.74 Å². The predicted octanol–water partition coefficient (Wildman–Crippen LogP) is 7.78. The van der Waals surface area contributed by atoms with E-state index in [1.54, 1.807) is 0 Å². The van der Waals surface area contributed by atoms with Crippen LogP contribution in [-0.2, 0) is 5.54 Å². The Morgan fingerprint density at radius 2 is 1.26 bits per heavy atom. The molecule has 0 atom stereocenters. The van der Waals surface area contributed by atoms with E-state index in [4.69, 9.17) is 10.1 Å². The van der Waals surface area contributed by atoms with Crippen LogP contribution in [0.5, 0.6) is 5.75 Å². The number of ether oxygens (including phenoxy) is 1. The summed E-state index contributed by atoms with van der Waals surface area (Å²) in [5, 5.41) is 12.4. The molecular weight excluding hydrogens is 531 g/mol. The molecular formula is C30H27IN2O. The highest BCUT2D eigenvalue weighted by Crippen LogP contribution is 2.43. The second kappa shape index (κ2) is 9.26. The second-order valence-corrected chi connectivity index (χ2v) is 10.1. The van der Waals surface area contributed by atoms with Crippen molar-refractivity contribution in [3.05, 3.63) is 131 Å². The molecule has 0 saturated heterocycles. The van der Waals surface area contributed by atoms with Gasteiger partial charge in [0.2, 0.25) is 0 Å². The molecule has 4 aromatic carbocycles. The number of rotatable bonds is 8. The molecule has 0 aromatic heterocycles. The van der Waals surface area contributed by atoms with Crippen LogP contribution in [0.2, 0.25) is 0 Å². The van der Waals surface area contributed by atoms with Gasteiger partial charge in [0.05, 0.1) is 0 Å². The van der Waals surface area contributed by atoms with Crippen LogP contribution in [0.4, 0.5) is 5.69 Å². The number of halogens is 1. The van der Waals surface area contributed by atoms with Crippen molar-refractivity contribution >= 4 is 32.0 Å². The first-order chi connectivity index (χ1) is 16.5. The molecule has 1 aliphatic rings. The Morgan fingerprint density at radius 1 is 0.794 bits per heavy atom. The van der Waals surface area contributed by atoms with Crippen LogP contribution < -0.4 is 10.1 Å². The van der Waals surface area contributed by atoms with Gasteiger partial charge in [-0.25, -0.2) is 0 Å². The Kier molecular flexibility index (Phi) is 6.17. The third-order valence-corrected chi connectivity index (χ3v) is 7.07. The summed E-state index contributed by atoms with van der Waals surface area (Å²) in [6.07, 6.45) is 2.15. The highest BCUT2D eigenvalue weighted by molar-refractivity contribution is 14.1. The van der Waals surface area contributed by atoms with Gasteiger partial charge >= 0.3 is 0 Å². The van der Waals surface area contributed by atoms with Crippen molar-refractivity contribution in [3.8, 4) is 5.75 Å². The molecule has 0 unspecified atom stereocenters. The average molecular weight is 558 g/mol. The van der Waals surface area contributed by atoms with Crippen LogP contribution in [-0.4, -0.2) is 9.32 Å². The van der Waals surface area contributed by atoms with Crippen molar-refractivity contribution in [1.82, 2.24) is 0 Å². The van der Waals surface area contributed by atoms with Crippen LogP contribution in [0.3, 0.4) is 0 Å². The molecule has 0 spiro atoms. The number of hydrogen-bond acceptors (Lipinski definition) is 3. The summed E-state index contributed by atoms with van der Waals surface area (Å²) in [6, 6.07) is 37.6. The summed E-state index contributed by atoms with van der Waals surface area (Å²) in [6.45, 7) is 2.14. The van der Waals surface area contributed by atoms with E-state index in [0.29, 0.717) is 3.72 Å². The summed E-state index contributed by atoms with van der Waals surface area (Å²) in [5.41, 5.74) is 4.40. The van der Waals surface area contributed by atoms with Crippen molar-refractivity contribution in [2.24, 2.45) is 0 Å². The molecule has 2 N–H and O–H groups in total. The van der Waals surface area contributed by atoms with Gasteiger partial charge in [0.15, 0.2) is 0 Å². The summed E-state index contributed by atoms with van der Waals surface area (Å²) in [5.74, 6) is 0.812. The largest absolute Gasteiger partial charge is 0.488 e. The van der Waals surface area contributed by atoms with Gasteiger partial charge in [-0.1, -0.05) is 91.0 Å². The molecule has 4 aromatic rings. The fourth-order valence-corrected chi connectivity index (χ4v) is 4.87. The first-order valence-corrected chi connectivity index (χ1v) is 12.6. The maximum Gasteiger partial charge on any atom is 0.120 e. The van der Waals surface area contributed by atoms with Crippen LogP contribution >= 0.6 is 22.6 Å². The topological polar surface area (TPSA) is 45.1 Å². The molecule has 4 heteroatoms. The van der Waals surface area contributed by atoms with Gasteiger partial charge in [-0.3, -0.25) is 5.41 Å². The minimum atomic E-state index is -0.643. The lowest BCUT2D eigenvalue weighted by atomic mass is 9.76. The quantitative estimate of drug-likeness (QED) is 0.132. The molecule has 0 heterocycles. The van der Waals surface area contributed by atoms with Crippen molar-refractivity contribution in [2.45, 2.75) is 30.9 Å². The molecule has 0 amide bonds. The molecule has 170 valence electrons. The predicted molar refractivity (Wildman–Crippen MR) is 148 cm³/mol. The minimum absolute atomic E-state index is 0.0679. The van der Waals surface area contributed by atoms with Gasteiger partial charge in [0.1, 0.15) is 20.6 Å². The SMILES string of the molecule is CC1(Oc2ccc(NC(c3ccccc3)(c3ccccc3)c3ccccc3)c(C(=N)I)c2)CC1. The molecule has 1 fully saturated rings. The average Bonchev–Trinajstić information content (AvgIpc) is 3.61. The van der Waals surface area contributed by atoms with E-state index in [0.717, 1.165) is 46.5 Å². The second-order valence-electron chi connectivity index (χ2n) is 9.05. The van der Waals surface area contributed by atoms with Crippen LogP contribution in [0.1, 0.15) is 42.0 Å². The number of anilines is 1. The highest BCUT2D eigenvalue weighted by Gasteiger charge is 2.40. The van der Waals surface area contributed by atoms with E-state index in [1.807, 2.05) is 36.4 Å². The van der Waals surface area contributed by atoms with E-state index < -0.39 is 5.54 Å². The Morgan fingerprint density at radius 3 is 1.68 bits per heavy atom. The van der Waals surface area contributed by atoms with Crippen LogP contribution in [0.25, 0.3) is 0 Å². The molecule has 1 saturated carbocycles. The standard InChI is InChI=1S/C30H27IN2O/c1-29(19-20-29)34-25-17-18-27(26(21-25)28(31)32)33-30(22-11-5-2-6-12-22,23-13-7-3-8-14-23)24-15-9-4-10-16-24/h2-18,21,32-33H,19-20H2,1H3. The van der Waals surface area contributed by atoms with E-state index in [2.05, 4.69) is 108 Å². The maximum absolute atomic E-state index is 8.53. The fraction of sp³-hybridized carbons (Fsp3) is 0.167. The lowest BCUT2D eigenvalue weighted by molar-refractivity contribution is 0.200. The smallest absolute Gasteiger partial charge is 0.120 e.